The van der Waals surface area contributed by atoms with Crippen molar-refractivity contribution in [1.82, 2.24) is 73.9 Å². The van der Waals surface area contributed by atoms with Crippen molar-refractivity contribution in [1.29, 1.82) is 0 Å². The summed E-state index contributed by atoms with van der Waals surface area (Å²) in [5, 5.41) is -0.210. The number of rotatable bonds is 5. The smallest absolute Gasteiger partial charge is 0.245 e. The van der Waals surface area contributed by atoms with Crippen LogP contribution in [0.1, 0.15) is 179 Å². The van der Waals surface area contributed by atoms with Gasteiger partial charge in [-0.3, -0.25) is 47.9 Å². The summed E-state index contributed by atoms with van der Waals surface area (Å²) in [6.07, 6.45) is -14.9. The predicted molar refractivity (Wildman–Crippen MR) is 523 cm³/mol. The Balaban J connectivity index is 0.000000114. The van der Waals surface area contributed by atoms with Gasteiger partial charge in [-0.2, -0.15) is 0 Å². The second-order valence-corrected chi connectivity index (χ2v) is 34.0. The molecule has 15 aliphatic heterocycles. The number of aromatic amines is 5. The largest absolute Gasteiger partial charge is 0.454 e. The molecule has 145 heavy (non-hydrogen) atoms. The molecule has 35 nitrogen and oxygen atoms in total. The lowest BCUT2D eigenvalue weighted by molar-refractivity contribution is -0.157. The third-order valence-electron chi connectivity index (χ3n) is 25.8. The van der Waals surface area contributed by atoms with E-state index in [1.807, 2.05) is 0 Å². The second kappa shape index (κ2) is 33.9. The lowest BCUT2D eigenvalue weighted by Crippen LogP contribution is -2.62. The molecular weight excluding hydrogens is 1850 g/mol. The SMILES string of the molecule is [2H]C1([2H])C(=O)N2C(c3ccc4c(c3)OCO4)c3[nH]c4ccccc4c3C([2H])([2H])[C@]2([2H])C(=O)N1C.[2H]C1([2H])Oc2ccc(C3c4[nH]c5ccccc5c4C([2H])([2H])[C@]4([2H])C(=O)N(C)C([2H])([2H])C(=O)N34)cc2O1.[2H]c1c([2H])c(C2c3[nH]c4c([2H])c([2H])c([2H])c([2H])c4c3C([2H])([2H])[C@]3([2H])C(=O)N(C([2H])([2H])[2H])CC(=O)N23)c([2H])c2c1OC([2H])([2H])O2.[2H]c1c([2H])c([2H])c2c3c([nH]c2c1[2H])C(c1ccc2c(c1)OC([2H])([2H])O2)N1C(=O)C([2H])([2H])N(C)C(=O)[C@@]1([2H])C3([2H])[2H].[2H]c1c([2H])c([2H])c2c3c([nH]c2c1[2H])C(c1ccc2c(c1)OCO2)N1C(=O)C([2H])([2H])N(C)C(=O)[C@@]1([2H])C3([2H])[2H]. The fraction of sp³-hybridized carbons (Fsp3) is 0.273. The molecule has 20 heterocycles. The van der Waals surface area contributed by atoms with Gasteiger partial charge in [-0.05, 0) is 147 Å². The van der Waals surface area contributed by atoms with Crippen molar-refractivity contribution < 1.29 is 160 Å². The summed E-state index contributed by atoms with van der Waals surface area (Å²) in [4.78, 5) is 156. The molecule has 5 N–H and O–H groups in total. The van der Waals surface area contributed by atoms with Crippen LogP contribution in [0.3, 0.4) is 0 Å². The molecule has 5 aromatic heterocycles. The number of amides is 10. The quantitative estimate of drug-likeness (QED) is 0.107. The summed E-state index contributed by atoms with van der Waals surface area (Å²) >= 11 is 0. The maximum absolute atomic E-state index is 13.9. The minimum Gasteiger partial charge on any atom is -0.454 e. The van der Waals surface area contributed by atoms with Crippen LogP contribution in [0.5, 0.6) is 57.5 Å². The Hall–Kier alpha value is -17.4. The Bertz CT molecular complexity index is 10800. The molecule has 35 heteroatoms. The van der Waals surface area contributed by atoms with E-state index in [0.717, 1.165) is 33.1 Å². The van der Waals surface area contributed by atoms with Crippen LogP contribution < -0.4 is 47.4 Å². The van der Waals surface area contributed by atoms with E-state index in [0.29, 0.717) is 83.8 Å². The molecular formula is C110H95N15O20. The van der Waals surface area contributed by atoms with E-state index in [4.69, 9.17) is 105 Å². The van der Waals surface area contributed by atoms with Gasteiger partial charge < -0.3 is 121 Å². The van der Waals surface area contributed by atoms with Gasteiger partial charge in [0.25, 0.3) is 0 Å². The summed E-state index contributed by atoms with van der Waals surface area (Å²) in [6, 6.07) is -2.06. The number of nitrogens with zero attached hydrogens (tertiary/aromatic N) is 10. The Kier molecular flexibility index (Phi) is 12.0. The average molecular weight is 1990 g/mol. The van der Waals surface area contributed by atoms with E-state index in [-0.39, 0.29) is 125 Å². The standard InChI is InChI=1S/5C22H19N3O4/c5*1-24-10-19(26)25-16(22(24)27)9-14-13-4-2-3-5-15(13)23-20(14)21(25)12-6-7-17-18(8-12)29-11-28-17/h5*2-8,16,21,23H,9-11H2,1H3/t5*16-,21?/m11111/s1/i1D3,2D,3D,4D,5D,6D,7D,8D,9D2,11D2,16D;2D,3D,4D,5D,9D2,10D2,11D2,16D;2D,3D,4D,5D,9D2,10D2,16D;9D2,10D2,11D2,16D;9D2,10D2,16D. The van der Waals surface area contributed by atoms with Crippen molar-refractivity contribution in [2.24, 2.45) is 0 Å². The second-order valence-electron chi connectivity index (χ2n) is 34.0. The monoisotopic (exact) mass is 1990 g/mol. The van der Waals surface area contributed by atoms with Gasteiger partial charge in [0.2, 0.25) is 92.9 Å². The summed E-state index contributed by atoms with van der Waals surface area (Å²) < 4.78 is 450. The van der Waals surface area contributed by atoms with Crippen LogP contribution in [-0.2, 0) is 79.8 Å². The fourth-order valence-corrected chi connectivity index (χ4v) is 19.4. The molecule has 0 saturated carbocycles. The first kappa shape index (κ1) is 51.3. The minimum atomic E-state index is -3.49. The summed E-state index contributed by atoms with van der Waals surface area (Å²) in [7, 11) is 4.01. The number of aromatic nitrogens is 5. The lowest BCUT2D eigenvalue weighted by Gasteiger charge is -2.46. The highest BCUT2D eigenvalue weighted by Gasteiger charge is 2.55. The zero-order valence-electron chi connectivity index (χ0n) is 122. The van der Waals surface area contributed by atoms with Crippen LogP contribution in [0.4, 0.5) is 0 Å². The first-order valence-corrected chi connectivity index (χ1v) is 43.9. The Morgan fingerprint density at radius 2 is 0.572 bits per heavy atom. The molecule has 0 bridgehead atoms. The first-order valence-electron chi connectivity index (χ1n) is 67.4. The maximum Gasteiger partial charge on any atom is 0.245 e. The molecule has 5 unspecified atom stereocenters. The Labute approximate surface area is 892 Å². The molecule has 0 spiro atoms. The first-order chi connectivity index (χ1) is 88.9. The van der Waals surface area contributed by atoms with Crippen LogP contribution in [0, 0.1) is 0 Å². The van der Waals surface area contributed by atoms with Crippen molar-refractivity contribution in [3.8, 4) is 57.5 Å². The molecule has 10 atom stereocenters. The molecule has 0 aliphatic carbocycles. The number of likely N-dealkylation sites (N-methyl/N-ethyl adjacent to an activating group) is 5. The molecule has 15 aromatic rings. The van der Waals surface area contributed by atoms with E-state index < -0.39 is 346 Å². The van der Waals surface area contributed by atoms with Crippen LogP contribution >= 0.6 is 0 Å². The number of ether oxygens (including phenoxy) is 10. The van der Waals surface area contributed by atoms with Gasteiger partial charge in [-0.25, -0.2) is 0 Å². The summed E-state index contributed by atoms with van der Waals surface area (Å²) in [5.41, 5.74) is -1.32. The van der Waals surface area contributed by atoms with Gasteiger partial charge in [-0.1, -0.05) is 121 Å². The third kappa shape index (κ3) is 14.2. The van der Waals surface area contributed by atoms with Crippen LogP contribution in [-0.4, -0.2) is 265 Å². The normalized spacial score (nSPS) is 34.3. The van der Waals surface area contributed by atoms with Crippen molar-refractivity contribution in [3.63, 3.8) is 0 Å². The van der Waals surface area contributed by atoms with Gasteiger partial charge in [0.1, 0.15) is 38.3 Å². The molecule has 10 amide bonds. The van der Waals surface area contributed by atoms with E-state index in [2.05, 4.69) is 24.9 Å². The van der Waals surface area contributed by atoms with E-state index in [9.17, 15) is 54.8 Å². The number of para-hydroxylation sites is 5. The number of hydrogen-bond donors (Lipinski definition) is 5. The van der Waals surface area contributed by atoms with Crippen molar-refractivity contribution in [3.05, 3.63) is 296 Å². The van der Waals surface area contributed by atoms with E-state index in [1.165, 1.54) is 54.6 Å². The maximum atomic E-state index is 13.9. The number of benzene rings is 10. The molecule has 30 rings (SSSR count). The van der Waals surface area contributed by atoms with Gasteiger partial charge in [0, 0.05) is 168 Å². The molecule has 730 valence electrons. The van der Waals surface area contributed by atoms with E-state index in [1.54, 1.807) is 66.7 Å². The van der Waals surface area contributed by atoms with Crippen LogP contribution in [0.25, 0.3) is 54.5 Å². The highest BCUT2D eigenvalue weighted by molar-refractivity contribution is 6.03. The van der Waals surface area contributed by atoms with Crippen molar-refractivity contribution in [2.45, 2.75) is 92.2 Å². The van der Waals surface area contributed by atoms with Gasteiger partial charge in [0.15, 0.2) is 57.5 Å². The summed E-state index contributed by atoms with van der Waals surface area (Å²) in [5.74, 6) is -13.1. The molecule has 0 radical (unpaired) electrons. The highest BCUT2D eigenvalue weighted by atomic mass is 16.7. The fourth-order valence-electron chi connectivity index (χ4n) is 19.4. The lowest BCUT2D eigenvalue weighted by atomic mass is 9.86. The number of carbonyl (C=O) groups is 10. The Morgan fingerprint density at radius 1 is 0.290 bits per heavy atom. The number of hydrogen-bond acceptors (Lipinski definition) is 20. The van der Waals surface area contributed by atoms with Gasteiger partial charge in [0.05, 0.1) is 101 Å². The highest BCUT2D eigenvalue weighted by Crippen LogP contribution is 2.53. The Morgan fingerprint density at radius 3 is 0.938 bits per heavy atom. The number of fused-ring (bicyclic) bond motifs is 25. The predicted octanol–water partition coefficient (Wildman–Crippen LogP) is 11.1. The van der Waals surface area contributed by atoms with Crippen LogP contribution in [0.15, 0.2) is 212 Å². The number of nitrogens with one attached hydrogen (secondary N) is 5. The van der Waals surface area contributed by atoms with Crippen molar-refractivity contribution >= 4 is 114 Å². The topological polar surface area (TPSA) is 374 Å². The molecule has 5 fully saturated rings. The number of carbonyl (C=O) groups excluding carboxylic acids is 10. The minimum absolute atomic E-state index is 0.00948. The molecule has 5 saturated heterocycles. The van der Waals surface area contributed by atoms with Crippen molar-refractivity contribution in [2.75, 3.05) is 102 Å². The zero-order valence-corrected chi connectivity index (χ0v) is 74.7. The van der Waals surface area contributed by atoms with E-state index >= 15 is 0 Å². The number of H-pyrrole nitrogens is 5. The molecule has 15 aliphatic rings. The van der Waals surface area contributed by atoms with Gasteiger partial charge >= 0.3 is 0 Å². The van der Waals surface area contributed by atoms with Gasteiger partial charge in [-0.15, -0.1) is 0 Å². The average Bonchev–Trinajstić information content (AvgIpc) is 1.45. The molecule has 10 aromatic carbocycles. The zero-order chi connectivity index (χ0) is 140. The number of piperazine rings is 5. The van der Waals surface area contributed by atoms with Crippen LogP contribution in [0.2, 0.25) is 0 Å². The summed E-state index contributed by atoms with van der Waals surface area (Å²) in [6.45, 7) is -23.9. The third-order valence-corrected chi connectivity index (χ3v) is 25.8.